The molecule has 3 unspecified atom stereocenters. The average Bonchev–Trinajstić information content (AvgIpc) is 3.04. The van der Waals surface area contributed by atoms with Gasteiger partial charge in [-0.05, 0) is 12.8 Å². The Balaban J connectivity index is 1.82. The molecule has 0 spiro atoms. The number of hydrogen-bond acceptors (Lipinski definition) is 3. The third-order valence-corrected chi connectivity index (χ3v) is 3.34. The Morgan fingerprint density at radius 1 is 1.40 bits per heavy atom. The molecule has 2 amide bonds. The molecule has 3 atom stereocenters. The Morgan fingerprint density at radius 3 is 2.87 bits per heavy atom. The van der Waals surface area contributed by atoms with Crippen molar-refractivity contribution in [3.8, 4) is 0 Å². The standard InChI is InChI=1S/C11H13NO3/c13-10-8-3-1-2-4-9(8)11(14)12(10)5-7-6-15-7/h1,3,7-9H,2,4-6H2. The molecule has 80 valence electrons. The number of imide groups is 1. The molecule has 0 N–H and O–H groups in total. The first-order chi connectivity index (χ1) is 7.27. The molecular weight excluding hydrogens is 194 g/mol. The van der Waals surface area contributed by atoms with Gasteiger partial charge in [0.1, 0.15) is 0 Å². The molecule has 4 heteroatoms. The molecule has 0 aromatic rings. The first-order valence-electron chi connectivity index (χ1n) is 5.41. The fourth-order valence-electron chi connectivity index (χ4n) is 2.41. The van der Waals surface area contributed by atoms with Crippen LogP contribution in [0.1, 0.15) is 12.8 Å². The molecule has 2 aliphatic heterocycles. The Hall–Kier alpha value is -1.16. The van der Waals surface area contributed by atoms with Crippen LogP contribution in [0.3, 0.4) is 0 Å². The fraction of sp³-hybridized carbons (Fsp3) is 0.636. The minimum absolute atomic E-state index is 0.00449. The van der Waals surface area contributed by atoms with Crippen molar-refractivity contribution in [3.63, 3.8) is 0 Å². The minimum Gasteiger partial charge on any atom is -0.371 e. The van der Waals surface area contributed by atoms with Crippen LogP contribution in [0, 0.1) is 11.8 Å². The van der Waals surface area contributed by atoms with Crippen LogP contribution in [0.25, 0.3) is 0 Å². The molecule has 2 heterocycles. The zero-order chi connectivity index (χ0) is 10.4. The van der Waals surface area contributed by atoms with E-state index >= 15 is 0 Å². The second kappa shape index (κ2) is 3.17. The molecule has 3 rings (SSSR count). The molecule has 2 saturated heterocycles. The number of epoxide rings is 1. The molecule has 0 aromatic heterocycles. The third-order valence-electron chi connectivity index (χ3n) is 3.34. The first-order valence-corrected chi connectivity index (χ1v) is 5.41. The largest absolute Gasteiger partial charge is 0.371 e. The van der Waals surface area contributed by atoms with Crippen molar-refractivity contribution >= 4 is 11.8 Å². The number of rotatable bonds is 2. The Kier molecular flexibility index (Phi) is 1.92. The van der Waals surface area contributed by atoms with Crippen LogP contribution in [0.5, 0.6) is 0 Å². The number of nitrogens with zero attached hydrogens (tertiary/aromatic N) is 1. The van der Waals surface area contributed by atoms with Crippen LogP contribution in [0.15, 0.2) is 12.2 Å². The van der Waals surface area contributed by atoms with Crippen LogP contribution in [0.4, 0.5) is 0 Å². The molecule has 0 aromatic carbocycles. The SMILES string of the molecule is O=C1C2C=CCCC2C(=O)N1CC1CO1. The van der Waals surface area contributed by atoms with Gasteiger partial charge in [0.25, 0.3) is 0 Å². The lowest BCUT2D eigenvalue weighted by molar-refractivity contribution is -0.140. The van der Waals surface area contributed by atoms with Gasteiger partial charge in [0, 0.05) is 0 Å². The summed E-state index contributed by atoms with van der Waals surface area (Å²) in [5.74, 6) is -0.312. The highest BCUT2D eigenvalue weighted by Gasteiger charge is 2.48. The van der Waals surface area contributed by atoms with E-state index in [0.717, 1.165) is 12.8 Å². The van der Waals surface area contributed by atoms with E-state index in [2.05, 4.69) is 0 Å². The van der Waals surface area contributed by atoms with Crippen molar-refractivity contribution in [2.45, 2.75) is 18.9 Å². The van der Waals surface area contributed by atoms with Crippen LogP contribution in [0.2, 0.25) is 0 Å². The van der Waals surface area contributed by atoms with Crippen molar-refractivity contribution in [2.75, 3.05) is 13.2 Å². The van der Waals surface area contributed by atoms with E-state index in [0.29, 0.717) is 13.2 Å². The van der Waals surface area contributed by atoms with Crippen LogP contribution in [-0.4, -0.2) is 36.0 Å². The van der Waals surface area contributed by atoms with E-state index in [1.165, 1.54) is 4.90 Å². The number of ether oxygens (including phenoxy) is 1. The molecule has 3 aliphatic rings. The van der Waals surface area contributed by atoms with Crippen molar-refractivity contribution in [1.82, 2.24) is 4.90 Å². The second-order valence-electron chi connectivity index (χ2n) is 4.38. The van der Waals surface area contributed by atoms with E-state index in [-0.39, 0.29) is 29.8 Å². The van der Waals surface area contributed by atoms with Gasteiger partial charge in [0.05, 0.1) is 31.1 Å². The van der Waals surface area contributed by atoms with Crippen molar-refractivity contribution < 1.29 is 14.3 Å². The summed E-state index contributed by atoms with van der Waals surface area (Å²) < 4.78 is 5.06. The zero-order valence-electron chi connectivity index (χ0n) is 8.39. The van der Waals surface area contributed by atoms with Gasteiger partial charge < -0.3 is 4.74 Å². The van der Waals surface area contributed by atoms with Crippen molar-refractivity contribution in [3.05, 3.63) is 12.2 Å². The summed E-state index contributed by atoms with van der Waals surface area (Å²) in [7, 11) is 0. The van der Waals surface area contributed by atoms with Crippen molar-refractivity contribution in [1.29, 1.82) is 0 Å². The van der Waals surface area contributed by atoms with Gasteiger partial charge in [-0.3, -0.25) is 14.5 Å². The summed E-state index contributed by atoms with van der Waals surface area (Å²) in [4.78, 5) is 25.2. The fourth-order valence-corrected chi connectivity index (χ4v) is 2.41. The molecule has 2 fully saturated rings. The normalized spacial score (nSPS) is 38.4. The second-order valence-corrected chi connectivity index (χ2v) is 4.38. The summed E-state index contributed by atoms with van der Waals surface area (Å²) in [6.07, 6.45) is 5.72. The van der Waals surface area contributed by atoms with Gasteiger partial charge in [-0.25, -0.2) is 0 Å². The van der Waals surface area contributed by atoms with E-state index in [1.54, 1.807) is 0 Å². The quantitative estimate of drug-likeness (QED) is 0.372. The predicted molar refractivity (Wildman–Crippen MR) is 51.8 cm³/mol. The summed E-state index contributed by atoms with van der Waals surface area (Å²) in [6.45, 7) is 1.14. The Bertz CT molecular complexity index is 346. The van der Waals surface area contributed by atoms with Crippen LogP contribution < -0.4 is 0 Å². The molecule has 0 saturated carbocycles. The predicted octanol–water partition coefficient (Wildman–Crippen LogP) is 0.336. The van der Waals surface area contributed by atoms with Gasteiger partial charge in [0.15, 0.2) is 0 Å². The number of allylic oxidation sites excluding steroid dienone is 1. The lowest BCUT2D eigenvalue weighted by Gasteiger charge is -2.14. The number of likely N-dealkylation sites (tertiary alicyclic amines) is 1. The molecule has 4 nitrogen and oxygen atoms in total. The summed E-state index contributed by atoms with van der Waals surface area (Å²) in [5, 5.41) is 0. The first kappa shape index (κ1) is 9.09. The molecular formula is C11H13NO3. The third kappa shape index (κ3) is 1.40. The molecule has 15 heavy (non-hydrogen) atoms. The number of carbonyl (C=O) groups excluding carboxylic acids is 2. The van der Waals surface area contributed by atoms with Crippen molar-refractivity contribution in [2.24, 2.45) is 11.8 Å². The number of fused-ring (bicyclic) bond motifs is 1. The van der Waals surface area contributed by atoms with Gasteiger partial charge >= 0.3 is 0 Å². The lowest BCUT2D eigenvalue weighted by atomic mass is 9.86. The highest BCUT2D eigenvalue weighted by molar-refractivity contribution is 6.06. The van der Waals surface area contributed by atoms with E-state index in [9.17, 15) is 9.59 Å². The minimum atomic E-state index is -0.190. The molecule has 0 bridgehead atoms. The number of hydrogen-bond donors (Lipinski definition) is 0. The summed E-state index contributed by atoms with van der Waals surface area (Å²) in [6, 6.07) is 0. The Labute approximate surface area is 87.9 Å². The van der Waals surface area contributed by atoms with Gasteiger partial charge in [-0.15, -0.1) is 0 Å². The molecule has 0 radical (unpaired) electrons. The maximum Gasteiger partial charge on any atom is 0.236 e. The number of amides is 2. The monoisotopic (exact) mass is 207 g/mol. The lowest BCUT2D eigenvalue weighted by Crippen LogP contribution is -2.34. The Morgan fingerprint density at radius 2 is 2.20 bits per heavy atom. The highest BCUT2D eigenvalue weighted by atomic mass is 16.6. The maximum absolute atomic E-state index is 11.9. The highest BCUT2D eigenvalue weighted by Crippen LogP contribution is 2.34. The van der Waals surface area contributed by atoms with Gasteiger partial charge in [0.2, 0.25) is 11.8 Å². The van der Waals surface area contributed by atoms with Gasteiger partial charge in [-0.1, -0.05) is 12.2 Å². The van der Waals surface area contributed by atoms with Crippen LogP contribution in [-0.2, 0) is 14.3 Å². The molecule has 1 aliphatic carbocycles. The summed E-state index contributed by atoms with van der Waals surface area (Å²) >= 11 is 0. The zero-order valence-corrected chi connectivity index (χ0v) is 8.39. The van der Waals surface area contributed by atoms with E-state index in [1.807, 2.05) is 12.2 Å². The summed E-state index contributed by atoms with van der Waals surface area (Å²) in [5.41, 5.74) is 0. The average molecular weight is 207 g/mol. The van der Waals surface area contributed by atoms with E-state index < -0.39 is 0 Å². The smallest absolute Gasteiger partial charge is 0.236 e. The maximum atomic E-state index is 11.9. The topological polar surface area (TPSA) is 49.9 Å². The van der Waals surface area contributed by atoms with Crippen LogP contribution >= 0.6 is 0 Å². The number of carbonyl (C=O) groups is 2. The van der Waals surface area contributed by atoms with Gasteiger partial charge in [-0.2, -0.15) is 0 Å². The van der Waals surface area contributed by atoms with E-state index in [4.69, 9.17) is 4.74 Å².